The summed E-state index contributed by atoms with van der Waals surface area (Å²) >= 11 is 0. The number of carboxylic acid groups (broad SMARTS) is 2. The molecule has 1 saturated heterocycles. The standard InChI is InChI=1S/C8H17N.CH2O3/c1-2-3-6-9-7-4-5-8-9;2-1(3)4/h2-8H2,1H3;(H2,2,3,4). The summed E-state index contributed by atoms with van der Waals surface area (Å²) in [7, 11) is 0. The van der Waals surface area contributed by atoms with E-state index < -0.39 is 6.16 Å². The maximum Gasteiger partial charge on any atom is 0.503 e. The largest absolute Gasteiger partial charge is 0.503 e. The molecule has 0 atom stereocenters. The molecular weight excluding hydrogens is 170 g/mol. The van der Waals surface area contributed by atoms with Crippen LogP contribution in [0.2, 0.25) is 0 Å². The summed E-state index contributed by atoms with van der Waals surface area (Å²) in [6.07, 6.45) is 3.77. The summed E-state index contributed by atoms with van der Waals surface area (Å²) in [6, 6.07) is 0. The fraction of sp³-hybridized carbons (Fsp3) is 0.889. The highest BCUT2D eigenvalue weighted by Crippen LogP contribution is 2.07. The fourth-order valence-corrected chi connectivity index (χ4v) is 1.39. The number of likely N-dealkylation sites (tertiary alicyclic amines) is 1. The first-order valence-corrected chi connectivity index (χ1v) is 4.81. The molecular formula is C9H19NO3. The Morgan fingerprint density at radius 2 is 1.77 bits per heavy atom. The fourth-order valence-electron chi connectivity index (χ4n) is 1.39. The number of rotatable bonds is 3. The first kappa shape index (κ1) is 12.2. The normalized spacial score (nSPS) is 16.4. The maximum absolute atomic E-state index is 8.56. The summed E-state index contributed by atoms with van der Waals surface area (Å²) in [4.78, 5) is 11.1. The highest BCUT2D eigenvalue weighted by molar-refractivity contribution is 5.53. The van der Waals surface area contributed by atoms with Crippen molar-refractivity contribution >= 4 is 6.16 Å². The number of unbranched alkanes of at least 4 members (excludes halogenated alkanes) is 1. The van der Waals surface area contributed by atoms with E-state index in [1.54, 1.807) is 0 Å². The Balaban J connectivity index is 0.000000310. The summed E-state index contributed by atoms with van der Waals surface area (Å²) in [5, 5.41) is 13.9. The molecule has 1 aliphatic rings. The van der Waals surface area contributed by atoms with Crippen molar-refractivity contribution in [1.29, 1.82) is 0 Å². The SMILES string of the molecule is CCCCN1CCCC1.O=C(O)O. The lowest BCUT2D eigenvalue weighted by atomic mass is 10.3. The molecule has 1 fully saturated rings. The zero-order valence-corrected chi connectivity index (χ0v) is 8.20. The van der Waals surface area contributed by atoms with Crippen LogP contribution in [-0.4, -0.2) is 40.9 Å². The molecule has 0 saturated carbocycles. The molecule has 0 aliphatic carbocycles. The Morgan fingerprint density at radius 3 is 2.15 bits per heavy atom. The van der Waals surface area contributed by atoms with E-state index >= 15 is 0 Å². The van der Waals surface area contributed by atoms with Gasteiger partial charge in [0, 0.05) is 0 Å². The molecule has 0 amide bonds. The zero-order valence-electron chi connectivity index (χ0n) is 8.20. The topological polar surface area (TPSA) is 60.8 Å². The van der Waals surface area contributed by atoms with E-state index in [1.807, 2.05) is 0 Å². The van der Waals surface area contributed by atoms with Crippen molar-refractivity contribution in [2.45, 2.75) is 32.6 Å². The molecule has 1 aliphatic heterocycles. The van der Waals surface area contributed by atoms with Crippen LogP contribution in [0.4, 0.5) is 4.79 Å². The van der Waals surface area contributed by atoms with E-state index in [9.17, 15) is 0 Å². The van der Waals surface area contributed by atoms with Gasteiger partial charge in [-0.25, -0.2) is 4.79 Å². The minimum atomic E-state index is -1.83. The number of nitrogens with zero attached hydrogens (tertiary/aromatic N) is 1. The van der Waals surface area contributed by atoms with Crippen LogP contribution in [0.15, 0.2) is 0 Å². The third-order valence-electron chi connectivity index (χ3n) is 2.03. The van der Waals surface area contributed by atoms with E-state index in [-0.39, 0.29) is 0 Å². The predicted molar refractivity (Wildman–Crippen MR) is 51.2 cm³/mol. The van der Waals surface area contributed by atoms with Gasteiger partial charge >= 0.3 is 6.16 Å². The van der Waals surface area contributed by atoms with Crippen LogP contribution < -0.4 is 0 Å². The minimum absolute atomic E-state index is 1.34. The molecule has 0 spiro atoms. The van der Waals surface area contributed by atoms with Crippen LogP contribution in [-0.2, 0) is 0 Å². The Hall–Kier alpha value is -0.770. The van der Waals surface area contributed by atoms with Crippen LogP contribution >= 0.6 is 0 Å². The van der Waals surface area contributed by atoms with Crippen LogP contribution in [0.25, 0.3) is 0 Å². The molecule has 78 valence electrons. The highest BCUT2D eigenvalue weighted by Gasteiger charge is 2.08. The van der Waals surface area contributed by atoms with Crippen molar-refractivity contribution in [1.82, 2.24) is 4.90 Å². The van der Waals surface area contributed by atoms with Crippen molar-refractivity contribution in [2.75, 3.05) is 19.6 Å². The van der Waals surface area contributed by atoms with Crippen LogP contribution in [0.3, 0.4) is 0 Å². The van der Waals surface area contributed by atoms with Gasteiger partial charge in [-0.15, -0.1) is 0 Å². The maximum atomic E-state index is 8.56. The molecule has 0 aromatic heterocycles. The second-order valence-corrected chi connectivity index (χ2v) is 3.18. The number of hydrogen-bond donors (Lipinski definition) is 2. The summed E-state index contributed by atoms with van der Waals surface area (Å²) in [6.45, 7) is 6.33. The van der Waals surface area contributed by atoms with E-state index in [4.69, 9.17) is 15.0 Å². The molecule has 1 heterocycles. The highest BCUT2D eigenvalue weighted by atomic mass is 16.6. The molecule has 0 unspecified atom stereocenters. The molecule has 0 radical (unpaired) electrons. The van der Waals surface area contributed by atoms with Crippen LogP contribution in [0, 0.1) is 0 Å². The van der Waals surface area contributed by atoms with Gasteiger partial charge in [-0.05, 0) is 38.9 Å². The van der Waals surface area contributed by atoms with Crippen molar-refractivity contribution in [3.05, 3.63) is 0 Å². The van der Waals surface area contributed by atoms with Crippen molar-refractivity contribution in [3.63, 3.8) is 0 Å². The smallest absolute Gasteiger partial charge is 0.450 e. The first-order valence-electron chi connectivity index (χ1n) is 4.81. The van der Waals surface area contributed by atoms with Gasteiger partial charge in [0.2, 0.25) is 0 Å². The molecule has 1 rings (SSSR count). The van der Waals surface area contributed by atoms with E-state index in [0.29, 0.717) is 0 Å². The molecule has 0 aromatic rings. The van der Waals surface area contributed by atoms with Gasteiger partial charge in [0.25, 0.3) is 0 Å². The third-order valence-corrected chi connectivity index (χ3v) is 2.03. The van der Waals surface area contributed by atoms with Gasteiger partial charge in [-0.1, -0.05) is 13.3 Å². The van der Waals surface area contributed by atoms with Crippen molar-refractivity contribution < 1.29 is 15.0 Å². The second kappa shape index (κ2) is 7.86. The molecule has 2 N–H and O–H groups in total. The average molecular weight is 189 g/mol. The van der Waals surface area contributed by atoms with Gasteiger partial charge in [0.15, 0.2) is 0 Å². The van der Waals surface area contributed by atoms with Gasteiger partial charge in [0.05, 0.1) is 0 Å². The molecule has 4 heteroatoms. The van der Waals surface area contributed by atoms with Gasteiger partial charge in [-0.3, -0.25) is 0 Å². The Bertz CT molecular complexity index is 129. The summed E-state index contributed by atoms with van der Waals surface area (Å²) in [5.41, 5.74) is 0. The van der Waals surface area contributed by atoms with Crippen molar-refractivity contribution in [2.24, 2.45) is 0 Å². The lowest BCUT2D eigenvalue weighted by Gasteiger charge is -2.12. The van der Waals surface area contributed by atoms with Crippen LogP contribution in [0.1, 0.15) is 32.6 Å². The minimum Gasteiger partial charge on any atom is -0.450 e. The van der Waals surface area contributed by atoms with E-state index in [0.717, 1.165) is 0 Å². The predicted octanol–water partition coefficient (Wildman–Crippen LogP) is 2.10. The quantitative estimate of drug-likeness (QED) is 0.713. The summed E-state index contributed by atoms with van der Waals surface area (Å²) in [5.74, 6) is 0. The molecule has 0 aromatic carbocycles. The Labute approximate surface area is 79.2 Å². The van der Waals surface area contributed by atoms with E-state index in [1.165, 1.54) is 45.3 Å². The van der Waals surface area contributed by atoms with Crippen molar-refractivity contribution in [3.8, 4) is 0 Å². The second-order valence-electron chi connectivity index (χ2n) is 3.18. The van der Waals surface area contributed by atoms with Gasteiger partial charge in [-0.2, -0.15) is 0 Å². The monoisotopic (exact) mass is 189 g/mol. The molecule has 13 heavy (non-hydrogen) atoms. The lowest BCUT2D eigenvalue weighted by molar-refractivity contribution is 0.137. The average Bonchev–Trinajstić information content (AvgIpc) is 2.51. The van der Waals surface area contributed by atoms with Gasteiger partial charge in [0.1, 0.15) is 0 Å². The van der Waals surface area contributed by atoms with Gasteiger partial charge < -0.3 is 15.1 Å². The van der Waals surface area contributed by atoms with E-state index in [2.05, 4.69) is 11.8 Å². The number of hydrogen-bond acceptors (Lipinski definition) is 2. The molecule has 0 bridgehead atoms. The van der Waals surface area contributed by atoms with Crippen LogP contribution in [0.5, 0.6) is 0 Å². The zero-order chi connectivity index (χ0) is 10.1. The summed E-state index contributed by atoms with van der Waals surface area (Å²) < 4.78 is 0. The Kier molecular flexibility index (Phi) is 7.39. The lowest BCUT2D eigenvalue weighted by Crippen LogP contribution is -2.19. The first-order chi connectivity index (χ1) is 6.16. The molecule has 4 nitrogen and oxygen atoms in total. The third kappa shape index (κ3) is 9.14. The Morgan fingerprint density at radius 1 is 1.31 bits per heavy atom. The number of carbonyl (C=O) groups is 1.